The number of esters is 1. The quantitative estimate of drug-likeness (QED) is 0.322. The summed E-state index contributed by atoms with van der Waals surface area (Å²) in [7, 11) is 1.77. The molecule has 0 radical (unpaired) electrons. The minimum atomic E-state index is -0.911. The number of urea groups is 2. The van der Waals surface area contributed by atoms with Gasteiger partial charge >= 0.3 is 18.0 Å². The third kappa shape index (κ3) is 5.56. The summed E-state index contributed by atoms with van der Waals surface area (Å²) in [5.74, 6) is -0.490. The van der Waals surface area contributed by atoms with Crippen LogP contribution in [0, 0.1) is 0 Å². The number of halogens is 1. The van der Waals surface area contributed by atoms with Crippen molar-refractivity contribution in [3.05, 3.63) is 95.0 Å². The van der Waals surface area contributed by atoms with Crippen molar-refractivity contribution in [2.45, 2.75) is 44.4 Å². The van der Waals surface area contributed by atoms with Gasteiger partial charge in [-0.25, -0.2) is 14.4 Å². The second-order valence-electron chi connectivity index (χ2n) is 10.1. The van der Waals surface area contributed by atoms with Crippen molar-refractivity contribution in [3.63, 3.8) is 0 Å². The molecular formula is C31H33BrN4O4. The Kier molecular flexibility index (Phi) is 8.40. The highest BCUT2D eigenvalue weighted by Gasteiger charge is 2.54. The highest BCUT2D eigenvalue weighted by molar-refractivity contribution is 9.10. The second-order valence-corrected chi connectivity index (χ2v) is 11.0. The highest BCUT2D eigenvalue weighted by Crippen LogP contribution is 2.38. The van der Waals surface area contributed by atoms with Crippen LogP contribution in [0.25, 0.3) is 0 Å². The number of piperazine rings is 1. The van der Waals surface area contributed by atoms with Gasteiger partial charge in [0.2, 0.25) is 0 Å². The first-order chi connectivity index (χ1) is 19.4. The van der Waals surface area contributed by atoms with Crippen LogP contribution in [0.15, 0.2) is 89.4 Å². The van der Waals surface area contributed by atoms with Crippen LogP contribution in [0.1, 0.15) is 25.3 Å². The number of hydrogen-bond acceptors (Lipinski definition) is 4. The molecule has 5 rings (SSSR count). The predicted octanol–water partition coefficient (Wildman–Crippen LogP) is 6.04. The molecule has 0 unspecified atom stereocenters. The Morgan fingerprint density at radius 3 is 2.05 bits per heavy atom. The summed E-state index contributed by atoms with van der Waals surface area (Å²) in [6.07, 6.45) is 1.32. The summed E-state index contributed by atoms with van der Waals surface area (Å²) in [4.78, 5) is 48.3. The van der Waals surface area contributed by atoms with Crippen molar-refractivity contribution < 1.29 is 19.1 Å². The lowest BCUT2D eigenvalue weighted by molar-refractivity contribution is -0.152. The zero-order valence-corrected chi connectivity index (χ0v) is 24.2. The van der Waals surface area contributed by atoms with Gasteiger partial charge in [0.05, 0.1) is 30.1 Å². The molecule has 8 nitrogen and oxygen atoms in total. The number of carbonyl (C=O) groups excluding carboxylic acids is 3. The summed E-state index contributed by atoms with van der Waals surface area (Å²) in [5.41, 5.74) is 2.39. The molecule has 2 aliphatic rings. The van der Waals surface area contributed by atoms with Crippen LogP contribution in [-0.4, -0.2) is 71.1 Å². The number of amides is 4. The second kappa shape index (κ2) is 12.1. The molecule has 40 heavy (non-hydrogen) atoms. The molecule has 0 N–H and O–H groups in total. The van der Waals surface area contributed by atoms with Gasteiger partial charge < -0.3 is 19.4 Å². The number of carbonyl (C=O) groups is 3. The van der Waals surface area contributed by atoms with Gasteiger partial charge in [-0.2, -0.15) is 0 Å². The zero-order valence-electron chi connectivity index (χ0n) is 22.7. The summed E-state index contributed by atoms with van der Waals surface area (Å²) in [6, 6.07) is 24.6. The smallest absolute Gasteiger partial charge is 0.331 e. The maximum absolute atomic E-state index is 14.3. The van der Waals surface area contributed by atoms with Crippen molar-refractivity contribution in [2.75, 3.05) is 25.1 Å². The number of para-hydroxylation sites is 2. The lowest BCUT2D eigenvalue weighted by Gasteiger charge is -2.47. The van der Waals surface area contributed by atoms with Crippen molar-refractivity contribution in [2.24, 2.45) is 0 Å². The molecule has 9 heteroatoms. The first-order valence-electron chi connectivity index (χ1n) is 13.5. The van der Waals surface area contributed by atoms with Crippen LogP contribution < -0.4 is 4.90 Å². The van der Waals surface area contributed by atoms with Gasteiger partial charge in [0, 0.05) is 24.6 Å². The molecule has 4 amide bonds. The fraction of sp³-hybridized carbons (Fsp3) is 0.323. The number of nitrogens with zero attached hydrogens (tertiary/aromatic N) is 4. The third-order valence-electron chi connectivity index (χ3n) is 7.53. The molecule has 2 bridgehead atoms. The van der Waals surface area contributed by atoms with E-state index in [1.807, 2.05) is 84.9 Å². The molecule has 2 saturated heterocycles. The van der Waals surface area contributed by atoms with Crippen LogP contribution >= 0.6 is 15.9 Å². The van der Waals surface area contributed by atoms with Crippen molar-refractivity contribution >= 4 is 45.3 Å². The normalized spacial score (nSPS) is 19.7. The Bertz CT molecular complexity index is 1300. The van der Waals surface area contributed by atoms with Gasteiger partial charge in [-0.05, 0) is 61.7 Å². The predicted molar refractivity (Wildman–Crippen MR) is 157 cm³/mol. The topological polar surface area (TPSA) is 73.4 Å². The Morgan fingerprint density at radius 2 is 1.48 bits per heavy atom. The lowest BCUT2D eigenvalue weighted by Crippen LogP contribution is -2.67. The summed E-state index contributed by atoms with van der Waals surface area (Å²) >= 11 is 3.45. The molecule has 0 aromatic heterocycles. The van der Waals surface area contributed by atoms with Crippen LogP contribution in [0.2, 0.25) is 0 Å². The minimum absolute atomic E-state index is 0.153. The molecule has 3 aromatic carbocycles. The molecule has 2 heterocycles. The van der Waals surface area contributed by atoms with Gasteiger partial charge in [-0.3, -0.25) is 4.90 Å². The zero-order chi connectivity index (χ0) is 28.2. The van der Waals surface area contributed by atoms with E-state index in [0.29, 0.717) is 30.8 Å². The summed E-state index contributed by atoms with van der Waals surface area (Å²) in [5, 5.41) is 0. The van der Waals surface area contributed by atoms with E-state index < -0.39 is 18.1 Å². The SMILES string of the molecule is CCOC(=O)[C@@H]1[C@H]2CC[C@@H](CN1C(=O)N(c1ccccc1)c1ccccc1)N2C(=O)N(C)Cc1ccc(Br)cc1. The van der Waals surface area contributed by atoms with E-state index in [2.05, 4.69) is 15.9 Å². The fourth-order valence-corrected chi connectivity index (χ4v) is 6.00. The largest absolute Gasteiger partial charge is 0.464 e. The molecule has 208 valence electrons. The number of hydrogen-bond donors (Lipinski definition) is 0. The molecular weight excluding hydrogens is 572 g/mol. The van der Waals surface area contributed by atoms with E-state index in [9.17, 15) is 14.4 Å². The van der Waals surface area contributed by atoms with E-state index in [0.717, 1.165) is 10.0 Å². The summed E-state index contributed by atoms with van der Waals surface area (Å²) < 4.78 is 6.47. The maximum Gasteiger partial charge on any atom is 0.331 e. The number of benzene rings is 3. The molecule has 0 spiro atoms. The number of likely N-dealkylation sites (tertiary alicyclic amines) is 1. The standard InChI is InChI=1S/C31H33BrN4O4/c1-3-40-29(37)28-27-19-18-26(36(27)30(38)33(2)20-22-14-16-23(32)17-15-22)21-34(28)31(39)35(24-10-6-4-7-11-24)25-12-8-5-9-13-25/h4-17,26-28H,3,18-21H2,1-2H3/t26-,27+,28-/m0/s1. The average Bonchev–Trinajstić information content (AvgIpc) is 3.27. The van der Waals surface area contributed by atoms with Crippen LogP contribution in [0.5, 0.6) is 0 Å². The molecule has 2 aliphatic heterocycles. The number of ether oxygens (including phenoxy) is 1. The number of anilines is 2. The van der Waals surface area contributed by atoms with Gasteiger partial charge in [0.1, 0.15) is 0 Å². The maximum atomic E-state index is 14.3. The molecule has 2 fully saturated rings. The van der Waals surface area contributed by atoms with Crippen molar-refractivity contribution in [1.82, 2.24) is 14.7 Å². The van der Waals surface area contributed by atoms with Crippen LogP contribution in [0.4, 0.5) is 21.0 Å². The van der Waals surface area contributed by atoms with Gasteiger partial charge in [0.15, 0.2) is 6.04 Å². The van der Waals surface area contributed by atoms with Gasteiger partial charge in [0.25, 0.3) is 0 Å². The van der Waals surface area contributed by atoms with E-state index >= 15 is 0 Å². The Hall–Kier alpha value is -3.85. The van der Waals surface area contributed by atoms with E-state index in [1.165, 1.54) is 0 Å². The molecule has 0 saturated carbocycles. The van der Waals surface area contributed by atoms with Crippen LogP contribution in [-0.2, 0) is 16.1 Å². The Labute approximate surface area is 243 Å². The Balaban J connectivity index is 1.45. The van der Waals surface area contributed by atoms with Crippen molar-refractivity contribution in [1.29, 1.82) is 0 Å². The van der Waals surface area contributed by atoms with Crippen LogP contribution in [0.3, 0.4) is 0 Å². The highest BCUT2D eigenvalue weighted by atomic mass is 79.9. The van der Waals surface area contributed by atoms with Crippen molar-refractivity contribution in [3.8, 4) is 0 Å². The van der Waals surface area contributed by atoms with Gasteiger partial charge in [-0.15, -0.1) is 0 Å². The van der Waals surface area contributed by atoms with E-state index in [-0.39, 0.29) is 31.3 Å². The van der Waals surface area contributed by atoms with E-state index in [1.54, 1.807) is 33.6 Å². The first-order valence-corrected chi connectivity index (χ1v) is 14.3. The Morgan fingerprint density at radius 1 is 0.875 bits per heavy atom. The minimum Gasteiger partial charge on any atom is -0.464 e. The average molecular weight is 606 g/mol. The number of rotatable bonds is 6. The number of fused-ring (bicyclic) bond motifs is 2. The lowest BCUT2D eigenvalue weighted by atomic mass is 10.0. The summed E-state index contributed by atoms with van der Waals surface area (Å²) in [6.45, 7) is 2.61. The monoisotopic (exact) mass is 604 g/mol. The molecule has 3 aromatic rings. The van der Waals surface area contributed by atoms with Gasteiger partial charge in [-0.1, -0.05) is 64.5 Å². The molecule has 3 atom stereocenters. The molecule has 0 aliphatic carbocycles. The fourth-order valence-electron chi connectivity index (χ4n) is 5.74. The van der Waals surface area contributed by atoms with E-state index in [4.69, 9.17) is 4.74 Å². The first kappa shape index (κ1) is 27.7. The third-order valence-corrected chi connectivity index (χ3v) is 8.06.